The number of hydrogen-bond donors (Lipinski definition) is 1. The van der Waals surface area contributed by atoms with Gasteiger partial charge in [0.1, 0.15) is 0 Å². The summed E-state index contributed by atoms with van der Waals surface area (Å²) in [5, 5.41) is 8.24. The maximum absolute atomic E-state index is 4.55. The number of hydrogen-bond acceptors (Lipinski definition) is 3. The fraction of sp³-hybridized carbons (Fsp3) is 0.812. The van der Waals surface area contributed by atoms with E-state index in [0.29, 0.717) is 6.04 Å². The molecule has 1 unspecified atom stereocenters. The molecule has 0 aliphatic rings. The van der Waals surface area contributed by atoms with E-state index in [1.54, 1.807) is 0 Å². The monoisotopic (exact) mass is 358 g/mol. The largest absolute Gasteiger partial charge is 0.309 e. The van der Waals surface area contributed by atoms with Gasteiger partial charge in [-0.25, -0.2) is 0 Å². The van der Waals surface area contributed by atoms with Gasteiger partial charge in [0, 0.05) is 6.54 Å². The van der Waals surface area contributed by atoms with E-state index in [-0.39, 0.29) is 0 Å². The van der Waals surface area contributed by atoms with Crippen molar-refractivity contribution in [2.75, 3.05) is 27.2 Å². The smallest absolute Gasteiger partial charge is 0.0696 e. The molecule has 1 heterocycles. The first kappa shape index (κ1) is 18.7. The average molecular weight is 359 g/mol. The third kappa shape index (κ3) is 6.49. The van der Waals surface area contributed by atoms with Gasteiger partial charge < -0.3 is 10.2 Å². The molecule has 0 aliphatic heterocycles. The Morgan fingerprint density at radius 1 is 1.29 bits per heavy atom. The van der Waals surface area contributed by atoms with Gasteiger partial charge in [0.05, 0.1) is 29.0 Å². The van der Waals surface area contributed by atoms with Crippen LogP contribution in [0.1, 0.15) is 57.7 Å². The van der Waals surface area contributed by atoms with Crippen molar-refractivity contribution in [1.29, 1.82) is 0 Å². The Morgan fingerprint density at radius 3 is 2.67 bits per heavy atom. The fourth-order valence-electron chi connectivity index (χ4n) is 2.44. The molecular formula is C16H31BrN4. The van der Waals surface area contributed by atoms with Crippen LogP contribution in [-0.4, -0.2) is 41.9 Å². The van der Waals surface area contributed by atoms with Crippen molar-refractivity contribution < 1.29 is 0 Å². The normalized spacial score (nSPS) is 13.0. The highest BCUT2D eigenvalue weighted by Gasteiger charge is 2.19. The number of halogens is 1. The first-order valence-corrected chi connectivity index (χ1v) is 8.98. The molecule has 1 aromatic rings. The molecule has 1 N–H and O–H groups in total. The van der Waals surface area contributed by atoms with E-state index in [1.807, 2.05) is 6.20 Å². The summed E-state index contributed by atoms with van der Waals surface area (Å²) in [6.07, 6.45) is 8.11. The van der Waals surface area contributed by atoms with E-state index in [4.69, 9.17) is 0 Å². The minimum Gasteiger partial charge on any atom is -0.309 e. The topological polar surface area (TPSA) is 33.1 Å². The molecule has 1 atom stereocenters. The summed E-state index contributed by atoms with van der Waals surface area (Å²) in [6, 6.07) is 0.399. The molecule has 4 nitrogen and oxygen atoms in total. The predicted octanol–water partition coefficient (Wildman–Crippen LogP) is 3.83. The molecule has 122 valence electrons. The van der Waals surface area contributed by atoms with Gasteiger partial charge >= 0.3 is 0 Å². The van der Waals surface area contributed by atoms with E-state index in [9.17, 15) is 0 Å². The van der Waals surface area contributed by atoms with Crippen LogP contribution in [0.3, 0.4) is 0 Å². The van der Waals surface area contributed by atoms with E-state index < -0.39 is 0 Å². The summed E-state index contributed by atoms with van der Waals surface area (Å²) < 4.78 is 3.29. The van der Waals surface area contributed by atoms with Crippen LogP contribution in [-0.2, 0) is 6.54 Å². The summed E-state index contributed by atoms with van der Waals surface area (Å²) in [6.45, 7) is 7.48. The minimum absolute atomic E-state index is 0.399. The maximum Gasteiger partial charge on any atom is 0.0696 e. The van der Waals surface area contributed by atoms with Crippen LogP contribution in [0.25, 0.3) is 0 Å². The van der Waals surface area contributed by atoms with Crippen LogP contribution < -0.4 is 5.32 Å². The predicted molar refractivity (Wildman–Crippen MR) is 93.7 cm³/mol. The second kappa shape index (κ2) is 10.4. The lowest BCUT2D eigenvalue weighted by Crippen LogP contribution is -2.27. The highest BCUT2D eigenvalue weighted by molar-refractivity contribution is 9.10. The van der Waals surface area contributed by atoms with E-state index >= 15 is 0 Å². The second-order valence-corrected chi connectivity index (χ2v) is 6.76. The van der Waals surface area contributed by atoms with Gasteiger partial charge in [-0.1, -0.05) is 33.1 Å². The van der Waals surface area contributed by atoms with Crippen LogP contribution in [0.4, 0.5) is 0 Å². The molecule has 0 amide bonds. The van der Waals surface area contributed by atoms with Gasteiger partial charge in [-0.15, -0.1) is 0 Å². The molecule has 0 spiro atoms. The Kier molecular flexibility index (Phi) is 9.20. The number of unbranched alkanes of at least 4 members (excludes halogenated alkanes) is 2. The molecule has 0 fully saturated rings. The van der Waals surface area contributed by atoms with Crippen molar-refractivity contribution in [3.63, 3.8) is 0 Å². The molecular weight excluding hydrogens is 328 g/mol. The van der Waals surface area contributed by atoms with Crippen LogP contribution in [0, 0.1) is 0 Å². The van der Waals surface area contributed by atoms with E-state index in [0.717, 1.165) is 30.5 Å². The Morgan fingerprint density at radius 2 is 2.05 bits per heavy atom. The summed E-state index contributed by atoms with van der Waals surface area (Å²) >= 11 is 3.69. The van der Waals surface area contributed by atoms with Gasteiger partial charge in [-0.05, 0) is 49.4 Å². The standard InChI is InChI=1S/C16H31BrN4/c1-5-7-8-9-15(18-10-6-2)16-14(17)13-19-21(16)12-11-20(3)4/h13,15,18H,5-12H2,1-4H3. The van der Waals surface area contributed by atoms with Crippen LogP contribution in [0.5, 0.6) is 0 Å². The first-order chi connectivity index (χ1) is 10.1. The number of nitrogens with zero attached hydrogens (tertiary/aromatic N) is 3. The van der Waals surface area contributed by atoms with Crippen molar-refractivity contribution in [1.82, 2.24) is 20.0 Å². The highest BCUT2D eigenvalue weighted by Crippen LogP contribution is 2.27. The van der Waals surface area contributed by atoms with Crippen molar-refractivity contribution in [3.8, 4) is 0 Å². The molecule has 0 bridgehead atoms. The van der Waals surface area contributed by atoms with E-state index in [1.165, 1.54) is 31.4 Å². The number of rotatable bonds is 11. The third-order valence-electron chi connectivity index (χ3n) is 3.66. The summed E-state index contributed by atoms with van der Waals surface area (Å²) in [4.78, 5) is 2.20. The Balaban J connectivity index is 2.80. The third-order valence-corrected chi connectivity index (χ3v) is 4.27. The van der Waals surface area contributed by atoms with Crippen LogP contribution in [0.15, 0.2) is 10.7 Å². The number of likely N-dealkylation sites (N-methyl/N-ethyl adjacent to an activating group) is 1. The van der Waals surface area contributed by atoms with Crippen LogP contribution in [0.2, 0.25) is 0 Å². The van der Waals surface area contributed by atoms with Crippen molar-refractivity contribution in [2.45, 2.75) is 58.5 Å². The maximum atomic E-state index is 4.55. The zero-order valence-corrected chi connectivity index (χ0v) is 15.6. The van der Waals surface area contributed by atoms with Gasteiger partial charge in [0.25, 0.3) is 0 Å². The molecule has 0 aromatic carbocycles. The van der Waals surface area contributed by atoms with Gasteiger partial charge in [0.15, 0.2) is 0 Å². The molecule has 0 saturated carbocycles. The molecule has 1 rings (SSSR count). The second-order valence-electron chi connectivity index (χ2n) is 5.91. The Bertz CT molecular complexity index is 390. The minimum atomic E-state index is 0.399. The number of nitrogens with one attached hydrogen (secondary N) is 1. The summed E-state index contributed by atoms with van der Waals surface area (Å²) in [7, 11) is 4.21. The SMILES string of the molecule is CCCCCC(NCCC)c1c(Br)cnn1CCN(C)C. The molecule has 0 radical (unpaired) electrons. The lowest BCUT2D eigenvalue weighted by atomic mass is 10.1. The molecule has 0 saturated heterocycles. The summed E-state index contributed by atoms with van der Waals surface area (Å²) in [5.41, 5.74) is 1.31. The molecule has 5 heteroatoms. The Labute approximate surface area is 138 Å². The number of aromatic nitrogens is 2. The first-order valence-electron chi connectivity index (χ1n) is 8.19. The Hall–Kier alpha value is -0.390. The van der Waals surface area contributed by atoms with Crippen LogP contribution >= 0.6 is 15.9 Å². The van der Waals surface area contributed by atoms with Gasteiger partial charge in [0.2, 0.25) is 0 Å². The van der Waals surface area contributed by atoms with Crippen molar-refractivity contribution >= 4 is 15.9 Å². The van der Waals surface area contributed by atoms with Gasteiger partial charge in [-0.3, -0.25) is 4.68 Å². The fourth-order valence-corrected chi connectivity index (χ4v) is 3.02. The quantitative estimate of drug-likeness (QED) is 0.610. The van der Waals surface area contributed by atoms with Crippen molar-refractivity contribution in [2.24, 2.45) is 0 Å². The highest BCUT2D eigenvalue weighted by atomic mass is 79.9. The molecule has 1 aromatic heterocycles. The van der Waals surface area contributed by atoms with Crippen molar-refractivity contribution in [3.05, 3.63) is 16.4 Å². The van der Waals surface area contributed by atoms with Gasteiger partial charge in [-0.2, -0.15) is 5.10 Å². The lowest BCUT2D eigenvalue weighted by Gasteiger charge is -2.21. The molecule has 0 aliphatic carbocycles. The van der Waals surface area contributed by atoms with E-state index in [2.05, 4.69) is 63.9 Å². The zero-order chi connectivity index (χ0) is 15.7. The average Bonchev–Trinajstić information content (AvgIpc) is 2.81. The molecule has 21 heavy (non-hydrogen) atoms. The summed E-state index contributed by atoms with van der Waals surface area (Å²) in [5.74, 6) is 0. The zero-order valence-electron chi connectivity index (χ0n) is 14.0. The lowest BCUT2D eigenvalue weighted by molar-refractivity contribution is 0.357.